The summed E-state index contributed by atoms with van der Waals surface area (Å²) < 4.78 is 2.34. The highest BCUT2D eigenvalue weighted by Crippen LogP contribution is 2.19. The molecule has 2 rings (SSSR count). The third-order valence-electron chi connectivity index (χ3n) is 2.72. The van der Waals surface area contributed by atoms with Gasteiger partial charge in [0.1, 0.15) is 0 Å². The maximum atomic E-state index is 5.26. The predicted octanol–water partition coefficient (Wildman–Crippen LogP) is 3.36. The van der Waals surface area contributed by atoms with Gasteiger partial charge in [-0.05, 0) is 30.9 Å². The van der Waals surface area contributed by atoms with Crippen LogP contribution in [0.5, 0.6) is 0 Å². The van der Waals surface area contributed by atoms with Crippen molar-refractivity contribution in [2.45, 2.75) is 26.3 Å². The maximum absolute atomic E-state index is 5.26. The van der Waals surface area contributed by atoms with E-state index in [2.05, 4.69) is 47.7 Å². The molecule has 0 atom stereocenters. The van der Waals surface area contributed by atoms with Gasteiger partial charge in [0.25, 0.3) is 0 Å². The van der Waals surface area contributed by atoms with E-state index in [9.17, 15) is 0 Å². The summed E-state index contributed by atoms with van der Waals surface area (Å²) in [6, 6.07) is 10.7. The Hall–Kier alpha value is -1.68. The van der Waals surface area contributed by atoms with Crippen LogP contribution in [0.2, 0.25) is 0 Å². The number of aromatic nitrogens is 1. The number of nitrogens with zero attached hydrogens (tertiary/aromatic N) is 1. The summed E-state index contributed by atoms with van der Waals surface area (Å²) in [5.74, 6) is 2.68. The average Bonchev–Trinajstić information content (AvgIpc) is 2.56. The standard InChI is InChI=1S/C14H15N/c1-3-4-7-10-15-12(2)11-13-8-5-6-9-14(13)15/h1,5-6,8-9,11H,4,7,10H2,2H3. The van der Waals surface area contributed by atoms with Crippen molar-refractivity contribution in [2.75, 3.05) is 0 Å². The molecule has 0 aliphatic carbocycles. The van der Waals surface area contributed by atoms with Crippen molar-refractivity contribution < 1.29 is 0 Å². The van der Waals surface area contributed by atoms with Gasteiger partial charge in [0.05, 0.1) is 0 Å². The van der Waals surface area contributed by atoms with Crippen molar-refractivity contribution in [3.8, 4) is 12.3 Å². The lowest BCUT2D eigenvalue weighted by Gasteiger charge is -2.06. The molecule has 0 saturated heterocycles. The maximum Gasteiger partial charge on any atom is 0.0482 e. The molecule has 76 valence electrons. The molecule has 0 unspecified atom stereocenters. The fraction of sp³-hybridized carbons (Fsp3) is 0.286. The first-order valence-electron chi connectivity index (χ1n) is 5.31. The van der Waals surface area contributed by atoms with E-state index in [0.29, 0.717) is 0 Å². The third kappa shape index (κ3) is 1.89. The second-order valence-electron chi connectivity index (χ2n) is 3.80. The van der Waals surface area contributed by atoms with E-state index in [1.807, 2.05) is 0 Å². The Balaban J connectivity index is 2.33. The lowest BCUT2D eigenvalue weighted by molar-refractivity contribution is 0.662. The van der Waals surface area contributed by atoms with Crippen LogP contribution in [0.1, 0.15) is 18.5 Å². The van der Waals surface area contributed by atoms with Crippen LogP contribution in [0.25, 0.3) is 10.9 Å². The zero-order valence-corrected chi connectivity index (χ0v) is 9.03. The molecule has 0 saturated carbocycles. The Kier molecular flexibility index (Phi) is 2.78. The topological polar surface area (TPSA) is 4.93 Å². The lowest BCUT2D eigenvalue weighted by atomic mass is 10.2. The highest BCUT2D eigenvalue weighted by molar-refractivity contribution is 5.81. The first-order valence-corrected chi connectivity index (χ1v) is 5.31. The van der Waals surface area contributed by atoms with Crippen molar-refractivity contribution in [1.82, 2.24) is 4.57 Å². The van der Waals surface area contributed by atoms with Crippen LogP contribution in [0.4, 0.5) is 0 Å². The summed E-state index contributed by atoms with van der Waals surface area (Å²) in [5, 5.41) is 1.32. The van der Waals surface area contributed by atoms with Gasteiger partial charge in [-0.25, -0.2) is 0 Å². The number of aryl methyl sites for hydroxylation is 2. The number of hydrogen-bond acceptors (Lipinski definition) is 0. The molecule has 0 N–H and O–H groups in total. The Morgan fingerprint density at radius 3 is 2.93 bits per heavy atom. The molecule has 0 aliphatic rings. The molecular weight excluding hydrogens is 182 g/mol. The van der Waals surface area contributed by atoms with Crippen LogP contribution in [0, 0.1) is 19.3 Å². The lowest BCUT2D eigenvalue weighted by Crippen LogP contribution is -1.99. The molecule has 0 radical (unpaired) electrons. The van der Waals surface area contributed by atoms with Gasteiger partial charge < -0.3 is 4.57 Å². The molecule has 0 aliphatic heterocycles. The van der Waals surface area contributed by atoms with Gasteiger partial charge in [-0.2, -0.15) is 0 Å². The third-order valence-corrected chi connectivity index (χ3v) is 2.72. The summed E-state index contributed by atoms with van der Waals surface area (Å²) in [5.41, 5.74) is 2.63. The Labute approximate surface area is 90.7 Å². The molecule has 15 heavy (non-hydrogen) atoms. The van der Waals surface area contributed by atoms with Gasteiger partial charge in [0.2, 0.25) is 0 Å². The quantitative estimate of drug-likeness (QED) is 0.525. The minimum atomic E-state index is 0.853. The van der Waals surface area contributed by atoms with Crippen LogP contribution >= 0.6 is 0 Å². The monoisotopic (exact) mass is 197 g/mol. The van der Waals surface area contributed by atoms with Crippen molar-refractivity contribution >= 4 is 10.9 Å². The van der Waals surface area contributed by atoms with Gasteiger partial charge in [-0.1, -0.05) is 18.2 Å². The number of para-hydroxylation sites is 1. The summed E-state index contributed by atoms with van der Waals surface area (Å²) in [6.07, 6.45) is 7.16. The molecule has 0 bridgehead atoms. The van der Waals surface area contributed by atoms with Gasteiger partial charge in [-0.3, -0.25) is 0 Å². The van der Waals surface area contributed by atoms with Gasteiger partial charge in [0.15, 0.2) is 0 Å². The van der Waals surface area contributed by atoms with Crippen LogP contribution in [-0.4, -0.2) is 4.57 Å². The Morgan fingerprint density at radius 1 is 1.33 bits per heavy atom. The normalized spacial score (nSPS) is 10.4. The minimum absolute atomic E-state index is 0.853. The molecule has 1 heterocycles. The van der Waals surface area contributed by atoms with Crippen LogP contribution < -0.4 is 0 Å². The molecule has 1 aromatic carbocycles. The average molecular weight is 197 g/mol. The fourth-order valence-corrected chi connectivity index (χ4v) is 1.98. The first kappa shape index (κ1) is 9.86. The SMILES string of the molecule is C#CCCCn1c(C)cc2ccccc21. The fourth-order valence-electron chi connectivity index (χ4n) is 1.98. The Bertz CT molecular complexity index is 500. The number of fused-ring (bicyclic) bond motifs is 1. The van der Waals surface area contributed by atoms with Crippen LogP contribution in [0.15, 0.2) is 30.3 Å². The van der Waals surface area contributed by atoms with Crippen molar-refractivity contribution in [2.24, 2.45) is 0 Å². The molecule has 1 nitrogen and oxygen atoms in total. The predicted molar refractivity (Wildman–Crippen MR) is 64.7 cm³/mol. The van der Waals surface area contributed by atoms with Crippen molar-refractivity contribution in [3.05, 3.63) is 36.0 Å². The number of hydrogen-bond donors (Lipinski definition) is 0. The van der Waals surface area contributed by atoms with E-state index in [0.717, 1.165) is 19.4 Å². The summed E-state index contributed by atoms with van der Waals surface area (Å²) in [7, 11) is 0. The second kappa shape index (κ2) is 4.23. The largest absolute Gasteiger partial charge is 0.345 e. The van der Waals surface area contributed by atoms with Crippen molar-refractivity contribution in [1.29, 1.82) is 0 Å². The van der Waals surface area contributed by atoms with E-state index in [4.69, 9.17) is 6.42 Å². The van der Waals surface area contributed by atoms with E-state index < -0.39 is 0 Å². The van der Waals surface area contributed by atoms with E-state index >= 15 is 0 Å². The molecule has 0 spiro atoms. The van der Waals surface area contributed by atoms with Crippen LogP contribution in [-0.2, 0) is 6.54 Å². The summed E-state index contributed by atoms with van der Waals surface area (Å²) >= 11 is 0. The second-order valence-corrected chi connectivity index (χ2v) is 3.80. The molecule has 1 heteroatoms. The molecule has 1 aromatic heterocycles. The summed E-state index contributed by atoms with van der Waals surface area (Å²) in [6.45, 7) is 3.17. The first-order chi connectivity index (χ1) is 7.33. The molecule has 0 fully saturated rings. The number of unbranched alkanes of at least 4 members (excludes halogenated alkanes) is 1. The zero-order valence-electron chi connectivity index (χ0n) is 9.03. The zero-order chi connectivity index (χ0) is 10.7. The van der Waals surface area contributed by atoms with Gasteiger partial charge in [0, 0.05) is 24.2 Å². The van der Waals surface area contributed by atoms with E-state index in [-0.39, 0.29) is 0 Å². The molecule has 2 aromatic rings. The van der Waals surface area contributed by atoms with Crippen LogP contribution in [0.3, 0.4) is 0 Å². The molecular formula is C14H15N. The number of terminal acetylenes is 1. The van der Waals surface area contributed by atoms with Gasteiger partial charge >= 0.3 is 0 Å². The summed E-state index contributed by atoms with van der Waals surface area (Å²) in [4.78, 5) is 0. The van der Waals surface area contributed by atoms with Crippen molar-refractivity contribution in [3.63, 3.8) is 0 Å². The van der Waals surface area contributed by atoms with E-state index in [1.165, 1.54) is 16.6 Å². The minimum Gasteiger partial charge on any atom is -0.345 e. The highest BCUT2D eigenvalue weighted by Gasteiger charge is 2.03. The van der Waals surface area contributed by atoms with E-state index in [1.54, 1.807) is 0 Å². The molecule has 0 amide bonds. The number of rotatable bonds is 3. The van der Waals surface area contributed by atoms with Gasteiger partial charge in [-0.15, -0.1) is 12.3 Å². The smallest absolute Gasteiger partial charge is 0.0482 e. The highest BCUT2D eigenvalue weighted by atomic mass is 15.0. The number of benzene rings is 1. The Morgan fingerprint density at radius 2 is 2.13 bits per heavy atom.